The monoisotopic (exact) mass is 371 g/mol. The van der Waals surface area contributed by atoms with Crippen LogP contribution in [-0.4, -0.2) is 40.3 Å². The zero-order chi connectivity index (χ0) is 18.7. The van der Waals surface area contributed by atoms with E-state index in [1.165, 1.54) is 4.90 Å². The van der Waals surface area contributed by atoms with Gasteiger partial charge in [-0.05, 0) is 49.1 Å². The van der Waals surface area contributed by atoms with Gasteiger partial charge < -0.3 is 10.4 Å². The lowest BCUT2D eigenvalue weighted by molar-refractivity contribution is 0.0915. The number of amides is 1. The van der Waals surface area contributed by atoms with Crippen molar-refractivity contribution in [3.8, 4) is 0 Å². The normalized spacial score (nSPS) is 17.8. The highest BCUT2D eigenvalue weighted by Crippen LogP contribution is 2.30. The number of nitrogens with zero attached hydrogens (tertiary/aromatic N) is 2. The average molecular weight is 372 g/mol. The molecule has 2 heterocycles. The number of nitrogens with one attached hydrogen (secondary N) is 1. The average Bonchev–Trinajstić information content (AvgIpc) is 2.94. The highest BCUT2D eigenvalue weighted by atomic mass is 32.2. The molecular formula is C20H25N3O2S. The molecule has 138 valence electrons. The van der Waals surface area contributed by atoms with Crippen molar-refractivity contribution >= 4 is 17.7 Å². The Morgan fingerprint density at radius 3 is 2.81 bits per heavy atom. The molecule has 0 fully saturated rings. The Bertz CT molecular complexity index is 779. The second kappa shape index (κ2) is 8.20. The van der Waals surface area contributed by atoms with Gasteiger partial charge in [0.2, 0.25) is 0 Å². The van der Waals surface area contributed by atoms with Crippen molar-refractivity contribution in [2.24, 2.45) is 0 Å². The highest BCUT2D eigenvalue weighted by molar-refractivity contribution is 7.99. The number of fused-ring (bicyclic) bond motifs is 1. The van der Waals surface area contributed by atoms with Gasteiger partial charge >= 0.3 is 0 Å². The van der Waals surface area contributed by atoms with E-state index >= 15 is 0 Å². The van der Waals surface area contributed by atoms with Crippen LogP contribution >= 0.6 is 11.8 Å². The molecule has 1 aliphatic rings. The number of aromatic nitrogens is 1. The summed E-state index contributed by atoms with van der Waals surface area (Å²) in [5.74, 6) is 0.798. The zero-order valence-corrected chi connectivity index (χ0v) is 16.2. The molecule has 0 spiro atoms. The van der Waals surface area contributed by atoms with Gasteiger partial charge in [-0.25, -0.2) is 0 Å². The van der Waals surface area contributed by atoms with Gasteiger partial charge in [0.25, 0.3) is 5.91 Å². The number of benzene rings is 1. The van der Waals surface area contributed by atoms with Crippen LogP contribution in [0.4, 0.5) is 0 Å². The fourth-order valence-corrected chi connectivity index (χ4v) is 3.86. The number of thioether (sulfide) groups is 1. The predicted molar refractivity (Wildman–Crippen MR) is 104 cm³/mol. The van der Waals surface area contributed by atoms with E-state index in [0.717, 1.165) is 29.1 Å². The Morgan fingerprint density at radius 2 is 2.15 bits per heavy atom. The van der Waals surface area contributed by atoms with Gasteiger partial charge in [-0.3, -0.25) is 14.7 Å². The Labute approximate surface area is 158 Å². The van der Waals surface area contributed by atoms with Crippen LogP contribution in [0.2, 0.25) is 0 Å². The Hall–Kier alpha value is -1.89. The summed E-state index contributed by atoms with van der Waals surface area (Å²) >= 11 is 1.76. The molecule has 26 heavy (non-hydrogen) atoms. The smallest absolute Gasteiger partial charge is 0.253 e. The van der Waals surface area contributed by atoms with Gasteiger partial charge in [0.15, 0.2) is 0 Å². The third kappa shape index (κ3) is 3.92. The third-order valence-corrected chi connectivity index (χ3v) is 5.72. The van der Waals surface area contributed by atoms with Gasteiger partial charge in [0.1, 0.15) is 0 Å². The van der Waals surface area contributed by atoms with E-state index in [1.807, 2.05) is 37.4 Å². The van der Waals surface area contributed by atoms with E-state index in [0.29, 0.717) is 5.56 Å². The molecule has 1 aromatic carbocycles. The van der Waals surface area contributed by atoms with Gasteiger partial charge in [0, 0.05) is 23.7 Å². The molecule has 1 aromatic heterocycles. The molecule has 0 aliphatic carbocycles. The molecule has 2 atom stereocenters. The van der Waals surface area contributed by atoms with Gasteiger partial charge in [-0.1, -0.05) is 19.1 Å². The summed E-state index contributed by atoms with van der Waals surface area (Å²) in [5.41, 5.74) is 3.55. The summed E-state index contributed by atoms with van der Waals surface area (Å²) in [4.78, 5) is 20.5. The minimum Gasteiger partial charge on any atom is -0.394 e. The lowest BCUT2D eigenvalue weighted by atomic mass is 10.1. The molecule has 0 bridgehead atoms. The number of rotatable bonds is 6. The van der Waals surface area contributed by atoms with Crippen LogP contribution in [0, 0.1) is 0 Å². The summed E-state index contributed by atoms with van der Waals surface area (Å²) in [6, 6.07) is 9.70. The molecule has 1 amide bonds. The first kappa shape index (κ1) is 18.9. The number of hydrogen-bond donors (Lipinski definition) is 2. The van der Waals surface area contributed by atoms with Crippen molar-refractivity contribution in [3.05, 3.63) is 58.9 Å². The minimum absolute atomic E-state index is 0.149. The predicted octanol–water partition coefficient (Wildman–Crippen LogP) is 3.16. The van der Waals surface area contributed by atoms with Gasteiger partial charge in [-0.15, -0.1) is 11.8 Å². The molecule has 2 unspecified atom stereocenters. The number of aliphatic hydroxyl groups is 1. The van der Waals surface area contributed by atoms with Gasteiger partial charge in [0.05, 0.1) is 23.9 Å². The topological polar surface area (TPSA) is 65.5 Å². The van der Waals surface area contributed by atoms with E-state index in [1.54, 1.807) is 18.0 Å². The number of hydrogen-bond acceptors (Lipinski definition) is 5. The molecule has 5 nitrogen and oxygen atoms in total. The minimum atomic E-state index is -0.432. The number of aliphatic hydroxyl groups excluding tert-OH is 1. The van der Waals surface area contributed by atoms with Gasteiger partial charge in [-0.2, -0.15) is 0 Å². The van der Waals surface area contributed by atoms with Crippen molar-refractivity contribution in [3.63, 3.8) is 0 Å². The van der Waals surface area contributed by atoms with E-state index < -0.39 is 6.04 Å². The van der Waals surface area contributed by atoms with Crippen LogP contribution in [0.15, 0.2) is 41.4 Å². The van der Waals surface area contributed by atoms with E-state index in [-0.39, 0.29) is 18.6 Å². The second-order valence-electron chi connectivity index (χ2n) is 6.57. The van der Waals surface area contributed by atoms with Crippen LogP contribution in [0.1, 0.15) is 53.1 Å². The van der Waals surface area contributed by atoms with Crippen LogP contribution in [0.25, 0.3) is 0 Å². The standard InChI is InChI=1S/C20H25N3O2S/c1-4-26-17-7-5-14(6-8-17)18(12-24)22-20(25)15-9-16-11-23(3)13(2)19(16)21-10-15/h5-10,13,18,24H,4,11-12H2,1-3H3,(H,22,25). The fourth-order valence-electron chi connectivity index (χ4n) is 3.20. The lowest BCUT2D eigenvalue weighted by Gasteiger charge is -2.17. The lowest BCUT2D eigenvalue weighted by Crippen LogP contribution is -2.31. The largest absolute Gasteiger partial charge is 0.394 e. The molecule has 3 rings (SSSR count). The maximum absolute atomic E-state index is 12.6. The maximum Gasteiger partial charge on any atom is 0.253 e. The van der Waals surface area contributed by atoms with E-state index in [2.05, 4.69) is 29.0 Å². The summed E-state index contributed by atoms with van der Waals surface area (Å²) in [6.45, 7) is 4.87. The summed E-state index contributed by atoms with van der Waals surface area (Å²) in [6.07, 6.45) is 1.62. The number of carbonyl (C=O) groups excluding carboxylic acids is 1. The second-order valence-corrected chi connectivity index (χ2v) is 7.91. The van der Waals surface area contributed by atoms with Crippen molar-refractivity contribution in [2.45, 2.75) is 37.4 Å². The van der Waals surface area contributed by atoms with Crippen molar-refractivity contribution in [1.29, 1.82) is 0 Å². The van der Waals surface area contributed by atoms with Crippen LogP contribution in [0.3, 0.4) is 0 Å². The highest BCUT2D eigenvalue weighted by Gasteiger charge is 2.26. The maximum atomic E-state index is 12.6. The van der Waals surface area contributed by atoms with Crippen LogP contribution in [-0.2, 0) is 6.54 Å². The quantitative estimate of drug-likeness (QED) is 0.764. The summed E-state index contributed by atoms with van der Waals surface area (Å²) in [5, 5.41) is 12.6. The molecule has 1 aliphatic heterocycles. The van der Waals surface area contributed by atoms with Crippen LogP contribution in [0.5, 0.6) is 0 Å². The third-order valence-electron chi connectivity index (χ3n) is 4.82. The molecule has 2 aromatic rings. The Balaban J connectivity index is 1.73. The molecule has 6 heteroatoms. The summed E-state index contributed by atoms with van der Waals surface area (Å²) < 4.78 is 0. The van der Waals surface area contributed by atoms with E-state index in [9.17, 15) is 9.90 Å². The first-order valence-electron chi connectivity index (χ1n) is 8.87. The van der Waals surface area contributed by atoms with Crippen molar-refractivity contribution in [2.75, 3.05) is 19.4 Å². The molecule has 0 radical (unpaired) electrons. The molecule has 0 saturated heterocycles. The first-order chi connectivity index (χ1) is 12.5. The summed E-state index contributed by atoms with van der Waals surface area (Å²) in [7, 11) is 2.05. The van der Waals surface area contributed by atoms with Crippen LogP contribution < -0.4 is 5.32 Å². The number of carbonyl (C=O) groups is 1. The number of pyridine rings is 1. The Morgan fingerprint density at radius 1 is 1.42 bits per heavy atom. The first-order valence-corrected chi connectivity index (χ1v) is 9.85. The van der Waals surface area contributed by atoms with Crippen molar-refractivity contribution in [1.82, 2.24) is 15.2 Å². The molecule has 2 N–H and O–H groups in total. The van der Waals surface area contributed by atoms with E-state index in [4.69, 9.17) is 0 Å². The SMILES string of the molecule is CCSc1ccc(C(CO)NC(=O)c2cnc3c(c2)CN(C)C3C)cc1. The molecular weight excluding hydrogens is 346 g/mol. The molecule has 0 saturated carbocycles. The van der Waals surface area contributed by atoms with Crippen molar-refractivity contribution < 1.29 is 9.90 Å². The fraction of sp³-hybridized carbons (Fsp3) is 0.400. The Kier molecular flexibility index (Phi) is 5.96. The zero-order valence-electron chi connectivity index (χ0n) is 15.4.